The van der Waals surface area contributed by atoms with Crippen LogP contribution in [0.2, 0.25) is 0 Å². The number of carbonyl (C=O) groups is 1. The first-order valence-electron chi connectivity index (χ1n) is 10.8. The molecule has 0 saturated carbocycles. The first-order chi connectivity index (χ1) is 15.0. The van der Waals surface area contributed by atoms with Crippen LogP contribution < -0.4 is 10.2 Å². The zero-order chi connectivity index (χ0) is 22.3. The van der Waals surface area contributed by atoms with Crippen LogP contribution in [0.3, 0.4) is 0 Å². The summed E-state index contributed by atoms with van der Waals surface area (Å²) >= 11 is 0. The van der Waals surface area contributed by atoms with E-state index in [4.69, 9.17) is 0 Å². The van der Waals surface area contributed by atoms with E-state index in [1.54, 1.807) is 30.3 Å². The lowest BCUT2D eigenvalue weighted by molar-refractivity contribution is -0.116. The number of benzene rings is 2. The number of nitrogens with one attached hydrogen (secondary N) is 1. The molecule has 1 aliphatic rings. The molecule has 1 aliphatic heterocycles. The van der Waals surface area contributed by atoms with E-state index < -0.39 is 10.0 Å². The van der Waals surface area contributed by atoms with Crippen LogP contribution in [0, 0.1) is 0 Å². The third-order valence-corrected chi connectivity index (χ3v) is 7.61. The first-order valence-corrected chi connectivity index (χ1v) is 12.3. The normalized spacial score (nSPS) is 14.5. The summed E-state index contributed by atoms with van der Waals surface area (Å²) in [5.74, 6) is -0.184. The molecule has 166 valence electrons. The third kappa shape index (κ3) is 5.74. The van der Waals surface area contributed by atoms with Crippen LogP contribution in [-0.2, 0) is 21.4 Å². The van der Waals surface area contributed by atoms with Crippen molar-refractivity contribution in [1.82, 2.24) is 9.62 Å². The van der Waals surface area contributed by atoms with Crippen LogP contribution in [-0.4, -0.2) is 44.8 Å². The minimum atomic E-state index is -3.47. The first kappa shape index (κ1) is 23.0. The van der Waals surface area contributed by atoms with Gasteiger partial charge in [0.05, 0.1) is 4.90 Å². The van der Waals surface area contributed by atoms with E-state index in [9.17, 15) is 13.2 Å². The molecule has 0 radical (unpaired) electrons. The maximum Gasteiger partial charge on any atom is 0.244 e. The van der Waals surface area contributed by atoms with E-state index in [1.807, 2.05) is 32.0 Å². The molecule has 0 bridgehead atoms. The van der Waals surface area contributed by atoms with Crippen LogP contribution in [0.25, 0.3) is 6.08 Å². The van der Waals surface area contributed by atoms with Gasteiger partial charge in [0.25, 0.3) is 0 Å². The molecule has 0 atom stereocenters. The highest BCUT2D eigenvalue weighted by atomic mass is 32.2. The van der Waals surface area contributed by atoms with Gasteiger partial charge >= 0.3 is 0 Å². The quantitative estimate of drug-likeness (QED) is 0.603. The minimum Gasteiger partial charge on any atom is -0.371 e. The highest BCUT2D eigenvalue weighted by Crippen LogP contribution is 2.24. The van der Waals surface area contributed by atoms with Crippen LogP contribution in [0.1, 0.15) is 37.8 Å². The number of nitrogens with zero attached hydrogens (tertiary/aromatic N) is 2. The molecule has 2 aromatic rings. The van der Waals surface area contributed by atoms with Crippen LogP contribution in [0.15, 0.2) is 59.5 Å². The van der Waals surface area contributed by atoms with Gasteiger partial charge in [0, 0.05) is 44.5 Å². The highest BCUT2D eigenvalue weighted by Gasteiger charge is 2.21. The second kappa shape index (κ2) is 10.6. The molecule has 2 aromatic carbocycles. The molecule has 7 heteroatoms. The lowest BCUT2D eigenvalue weighted by Gasteiger charge is -2.21. The molecule has 31 heavy (non-hydrogen) atoms. The fraction of sp³-hybridized carbons (Fsp3) is 0.375. The predicted molar refractivity (Wildman–Crippen MR) is 125 cm³/mol. The molecule has 6 nitrogen and oxygen atoms in total. The summed E-state index contributed by atoms with van der Waals surface area (Å²) in [6.07, 6.45) is 5.58. The molecule has 1 N–H and O–H groups in total. The lowest BCUT2D eigenvalue weighted by atomic mass is 10.1. The van der Waals surface area contributed by atoms with Crippen LogP contribution in [0.5, 0.6) is 0 Å². The Labute approximate surface area is 185 Å². The van der Waals surface area contributed by atoms with Gasteiger partial charge in [-0.25, -0.2) is 8.42 Å². The molecule has 0 aliphatic carbocycles. The van der Waals surface area contributed by atoms with Crippen molar-refractivity contribution in [3.05, 3.63) is 65.7 Å². The fourth-order valence-electron chi connectivity index (χ4n) is 3.80. The van der Waals surface area contributed by atoms with Gasteiger partial charge in [-0.1, -0.05) is 44.2 Å². The van der Waals surface area contributed by atoms with Crippen molar-refractivity contribution in [3.8, 4) is 0 Å². The number of para-hydroxylation sites is 1. The Morgan fingerprint density at radius 1 is 1.03 bits per heavy atom. The average Bonchev–Trinajstić information content (AvgIpc) is 3.32. The number of sulfonamides is 1. The number of carbonyl (C=O) groups excluding carboxylic acids is 1. The summed E-state index contributed by atoms with van der Waals surface area (Å²) in [4.78, 5) is 14.9. The Morgan fingerprint density at radius 3 is 2.32 bits per heavy atom. The zero-order valence-corrected chi connectivity index (χ0v) is 19.1. The topological polar surface area (TPSA) is 69.7 Å². The van der Waals surface area contributed by atoms with Gasteiger partial charge in [0.15, 0.2) is 0 Å². The monoisotopic (exact) mass is 441 g/mol. The number of rotatable bonds is 9. The SMILES string of the molecule is CCN(CC)S(=O)(=O)c1ccc(/C=C/C(=O)NCc2ccccc2N2CCCC2)cc1. The molecule has 1 saturated heterocycles. The third-order valence-electron chi connectivity index (χ3n) is 5.54. The van der Waals surface area contributed by atoms with E-state index in [-0.39, 0.29) is 10.8 Å². The van der Waals surface area contributed by atoms with Gasteiger partial charge in [-0.05, 0) is 48.2 Å². The smallest absolute Gasteiger partial charge is 0.244 e. The summed E-state index contributed by atoms with van der Waals surface area (Å²) < 4.78 is 26.5. The zero-order valence-electron chi connectivity index (χ0n) is 18.3. The number of hydrogen-bond donors (Lipinski definition) is 1. The Hall–Kier alpha value is -2.64. The largest absolute Gasteiger partial charge is 0.371 e. The van der Waals surface area contributed by atoms with Gasteiger partial charge < -0.3 is 10.2 Å². The van der Waals surface area contributed by atoms with Gasteiger partial charge in [0.1, 0.15) is 0 Å². The van der Waals surface area contributed by atoms with Crippen molar-refractivity contribution in [2.75, 3.05) is 31.1 Å². The standard InChI is InChI=1S/C24H31N3O3S/c1-3-27(4-2)31(29,30)22-14-11-20(12-15-22)13-16-24(28)25-19-21-9-5-6-10-23(21)26-17-7-8-18-26/h5-6,9-16H,3-4,7-8,17-19H2,1-2H3,(H,25,28)/b16-13+. The Morgan fingerprint density at radius 2 is 1.68 bits per heavy atom. The highest BCUT2D eigenvalue weighted by molar-refractivity contribution is 7.89. The van der Waals surface area contributed by atoms with Gasteiger partial charge in [-0.2, -0.15) is 4.31 Å². The van der Waals surface area contributed by atoms with Crippen molar-refractivity contribution in [3.63, 3.8) is 0 Å². The van der Waals surface area contributed by atoms with Gasteiger partial charge in [0.2, 0.25) is 15.9 Å². The Kier molecular flexibility index (Phi) is 7.87. The van der Waals surface area contributed by atoms with Gasteiger partial charge in [-0.3, -0.25) is 4.79 Å². The number of anilines is 1. The van der Waals surface area contributed by atoms with E-state index in [2.05, 4.69) is 16.3 Å². The van der Waals surface area contributed by atoms with E-state index >= 15 is 0 Å². The molecule has 1 fully saturated rings. The summed E-state index contributed by atoms with van der Waals surface area (Å²) in [6, 6.07) is 14.8. The van der Waals surface area contributed by atoms with Crippen LogP contribution >= 0.6 is 0 Å². The molecule has 0 aromatic heterocycles. The second-order valence-electron chi connectivity index (χ2n) is 7.53. The summed E-state index contributed by atoms with van der Waals surface area (Å²) in [7, 11) is -3.47. The van der Waals surface area contributed by atoms with E-state index in [0.717, 1.165) is 24.2 Å². The van der Waals surface area contributed by atoms with Crippen molar-refractivity contribution in [2.24, 2.45) is 0 Å². The molecule has 0 unspecified atom stereocenters. The molecule has 0 spiro atoms. The predicted octanol–water partition coefficient (Wildman–Crippen LogP) is 3.65. The molecular weight excluding hydrogens is 410 g/mol. The van der Waals surface area contributed by atoms with Crippen molar-refractivity contribution in [2.45, 2.75) is 38.1 Å². The Balaban J connectivity index is 1.60. The van der Waals surface area contributed by atoms with Crippen molar-refractivity contribution >= 4 is 27.7 Å². The molecule has 3 rings (SSSR count). The van der Waals surface area contributed by atoms with Crippen LogP contribution in [0.4, 0.5) is 5.69 Å². The number of hydrogen-bond acceptors (Lipinski definition) is 4. The Bertz CT molecular complexity index is 1010. The molecule has 1 amide bonds. The molecular formula is C24H31N3O3S. The second-order valence-corrected chi connectivity index (χ2v) is 9.47. The summed E-state index contributed by atoms with van der Waals surface area (Å²) in [5.41, 5.74) is 3.07. The maximum atomic E-state index is 12.6. The summed E-state index contributed by atoms with van der Waals surface area (Å²) in [5, 5.41) is 2.94. The van der Waals surface area contributed by atoms with Crippen molar-refractivity contribution in [1.29, 1.82) is 0 Å². The average molecular weight is 442 g/mol. The lowest BCUT2D eigenvalue weighted by Crippen LogP contribution is -2.30. The van der Waals surface area contributed by atoms with E-state index in [1.165, 1.54) is 28.9 Å². The van der Waals surface area contributed by atoms with E-state index in [0.29, 0.717) is 19.6 Å². The minimum absolute atomic E-state index is 0.184. The van der Waals surface area contributed by atoms with Gasteiger partial charge in [-0.15, -0.1) is 0 Å². The van der Waals surface area contributed by atoms with Crippen molar-refractivity contribution < 1.29 is 13.2 Å². The fourth-order valence-corrected chi connectivity index (χ4v) is 5.26. The number of amides is 1. The summed E-state index contributed by atoms with van der Waals surface area (Å²) in [6.45, 7) is 7.09. The molecule has 1 heterocycles. The maximum absolute atomic E-state index is 12.6.